The Hall–Kier alpha value is -1.90. The Bertz CT molecular complexity index is 509. The summed E-state index contributed by atoms with van der Waals surface area (Å²) in [5.41, 5.74) is 3.68. The normalized spacial score (nSPS) is 20.2. The van der Waals surface area contributed by atoms with Crippen LogP contribution in [0.5, 0.6) is 0 Å². The van der Waals surface area contributed by atoms with E-state index in [0.29, 0.717) is 17.4 Å². The first-order chi connectivity index (χ1) is 9.99. The van der Waals surface area contributed by atoms with Crippen LogP contribution in [0.4, 0.5) is 17.1 Å². The van der Waals surface area contributed by atoms with Crippen molar-refractivity contribution in [2.24, 2.45) is 5.84 Å². The number of nitro benzene ring substituents is 1. The molecule has 0 radical (unpaired) electrons. The Balaban J connectivity index is 2.05. The molecule has 1 aliphatic rings. The first kappa shape index (κ1) is 15.5. The number of hydrogen-bond donors (Lipinski definition) is 3. The molecule has 1 aromatic rings. The van der Waals surface area contributed by atoms with Crippen molar-refractivity contribution in [1.29, 1.82) is 0 Å². The third-order valence-electron chi connectivity index (χ3n) is 3.82. The minimum absolute atomic E-state index is 0.0158. The van der Waals surface area contributed by atoms with E-state index in [-0.39, 0.29) is 5.69 Å². The van der Waals surface area contributed by atoms with Crippen molar-refractivity contribution in [2.75, 3.05) is 51.0 Å². The van der Waals surface area contributed by atoms with Gasteiger partial charge in [-0.2, -0.15) is 0 Å². The molecule has 4 N–H and O–H groups in total. The van der Waals surface area contributed by atoms with Crippen LogP contribution in [0.1, 0.15) is 0 Å². The molecule has 8 heteroatoms. The molecule has 0 bridgehead atoms. The number of anilines is 2. The molecule has 0 spiro atoms. The van der Waals surface area contributed by atoms with Gasteiger partial charge >= 0.3 is 0 Å². The summed E-state index contributed by atoms with van der Waals surface area (Å²) < 4.78 is 0. The quantitative estimate of drug-likeness (QED) is 0.414. The van der Waals surface area contributed by atoms with E-state index in [1.165, 1.54) is 12.1 Å². The minimum atomic E-state index is -0.424. The summed E-state index contributed by atoms with van der Waals surface area (Å²) in [6.07, 6.45) is 0. The van der Waals surface area contributed by atoms with Gasteiger partial charge < -0.3 is 15.6 Å². The van der Waals surface area contributed by atoms with Crippen LogP contribution in [-0.2, 0) is 0 Å². The first-order valence-electron chi connectivity index (χ1n) is 6.88. The lowest BCUT2D eigenvalue weighted by Gasteiger charge is -2.37. The maximum atomic E-state index is 10.9. The van der Waals surface area contributed by atoms with Gasteiger partial charge in [-0.25, -0.2) is 0 Å². The van der Waals surface area contributed by atoms with Crippen LogP contribution >= 0.6 is 0 Å². The summed E-state index contributed by atoms with van der Waals surface area (Å²) in [7, 11) is 4.20. The average molecular weight is 294 g/mol. The van der Waals surface area contributed by atoms with E-state index in [4.69, 9.17) is 5.84 Å². The lowest BCUT2D eigenvalue weighted by atomic mass is 10.1. The molecule has 1 saturated heterocycles. The van der Waals surface area contributed by atoms with Crippen LogP contribution in [0.15, 0.2) is 18.2 Å². The van der Waals surface area contributed by atoms with Gasteiger partial charge in [0, 0.05) is 50.0 Å². The van der Waals surface area contributed by atoms with Gasteiger partial charge in [0.05, 0.1) is 10.6 Å². The van der Waals surface area contributed by atoms with Crippen LogP contribution < -0.4 is 16.6 Å². The number of benzene rings is 1. The molecule has 1 fully saturated rings. The second kappa shape index (κ2) is 6.70. The summed E-state index contributed by atoms with van der Waals surface area (Å²) in [6, 6.07) is 5.07. The van der Waals surface area contributed by atoms with Crippen molar-refractivity contribution < 1.29 is 4.92 Å². The third-order valence-corrected chi connectivity index (χ3v) is 3.82. The smallest absolute Gasteiger partial charge is 0.273 e. The number of nitrogen functional groups attached to an aromatic ring is 1. The van der Waals surface area contributed by atoms with E-state index in [9.17, 15) is 10.1 Å². The van der Waals surface area contributed by atoms with Crippen LogP contribution in [0.2, 0.25) is 0 Å². The van der Waals surface area contributed by atoms with E-state index in [2.05, 4.69) is 34.6 Å². The maximum absolute atomic E-state index is 10.9. The van der Waals surface area contributed by atoms with Crippen LogP contribution in [0.3, 0.4) is 0 Å². The number of nitro groups is 1. The number of likely N-dealkylation sites (N-methyl/N-ethyl adjacent to an activating group) is 2. The van der Waals surface area contributed by atoms with Crippen molar-refractivity contribution in [3.8, 4) is 0 Å². The highest BCUT2D eigenvalue weighted by atomic mass is 16.6. The Morgan fingerprint density at radius 1 is 1.33 bits per heavy atom. The fourth-order valence-electron chi connectivity index (χ4n) is 2.46. The Morgan fingerprint density at radius 3 is 2.71 bits per heavy atom. The van der Waals surface area contributed by atoms with Crippen molar-refractivity contribution in [1.82, 2.24) is 9.80 Å². The summed E-state index contributed by atoms with van der Waals surface area (Å²) in [4.78, 5) is 15.1. The van der Waals surface area contributed by atoms with Crippen molar-refractivity contribution in [2.45, 2.75) is 6.04 Å². The maximum Gasteiger partial charge on any atom is 0.273 e. The van der Waals surface area contributed by atoms with E-state index in [1.807, 2.05) is 0 Å². The van der Waals surface area contributed by atoms with E-state index < -0.39 is 4.92 Å². The van der Waals surface area contributed by atoms with Gasteiger partial charge in [-0.15, -0.1) is 0 Å². The average Bonchev–Trinajstić information content (AvgIpc) is 2.47. The standard InChI is InChI=1S/C13H22N6O2/c1-17-3-4-18(2)13(9-17)8-15-10-5-11(16-14)7-12(6-10)19(20)21/h5-7,13,15-16H,3-4,8-9,14H2,1-2H3. The number of nitrogens with zero attached hydrogens (tertiary/aromatic N) is 3. The number of nitrogens with two attached hydrogens (primary N) is 1. The van der Waals surface area contributed by atoms with Gasteiger partial charge in [0.15, 0.2) is 0 Å². The number of rotatable bonds is 5. The fraction of sp³-hybridized carbons (Fsp3) is 0.538. The molecule has 1 aromatic carbocycles. The van der Waals surface area contributed by atoms with Crippen molar-refractivity contribution in [3.63, 3.8) is 0 Å². The molecule has 1 aliphatic heterocycles. The number of piperazine rings is 1. The molecule has 116 valence electrons. The van der Waals surface area contributed by atoms with E-state index in [0.717, 1.165) is 26.2 Å². The van der Waals surface area contributed by atoms with Crippen molar-refractivity contribution in [3.05, 3.63) is 28.3 Å². The molecule has 0 aliphatic carbocycles. The summed E-state index contributed by atoms with van der Waals surface area (Å²) in [6.45, 7) is 3.78. The zero-order valence-corrected chi connectivity index (χ0v) is 12.4. The third kappa shape index (κ3) is 4.03. The number of non-ortho nitro benzene ring substituents is 1. The fourth-order valence-corrected chi connectivity index (χ4v) is 2.46. The lowest BCUT2D eigenvalue weighted by molar-refractivity contribution is -0.384. The predicted molar refractivity (Wildman–Crippen MR) is 83.3 cm³/mol. The summed E-state index contributed by atoms with van der Waals surface area (Å²) in [5.74, 6) is 5.35. The van der Waals surface area contributed by atoms with Crippen LogP contribution in [0, 0.1) is 10.1 Å². The molecule has 1 heterocycles. The highest BCUT2D eigenvalue weighted by Crippen LogP contribution is 2.24. The largest absolute Gasteiger partial charge is 0.383 e. The van der Waals surface area contributed by atoms with Crippen LogP contribution in [-0.4, -0.2) is 61.0 Å². The van der Waals surface area contributed by atoms with Crippen molar-refractivity contribution >= 4 is 17.1 Å². The molecular weight excluding hydrogens is 272 g/mol. The number of nitrogens with one attached hydrogen (secondary N) is 2. The molecule has 0 amide bonds. The topological polar surface area (TPSA) is 99.7 Å². The Morgan fingerprint density at radius 2 is 2.05 bits per heavy atom. The lowest BCUT2D eigenvalue weighted by Crippen LogP contribution is -2.52. The summed E-state index contributed by atoms with van der Waals surface area (Å²) >= 11 is 0. The van der Waals surface area contributed by atoms with Gasteiger partial charge in [-0.3, -0.25) is 20.9 Å². The van der Waals surface area contributed by atoms with E-state index in [1.54, 1.807) is 6.07 Å². The zero-order chi connectivity index (χ0) is 15.4. The Kier molecular flexibility index (Phi) is 4.94. The molecule has 1 unspecified atom stereocenters. The molecule has 2 rings (SSSR count). The molecule has 1 atom stereocenters. The highest BCUT2D eigenvalue weighted by molar-refractivity contribution is 5.63. The number of hydrazine groups is 1. The van der Waals surface area contributed by atoms with Gasteiger partial charge in [0.2, 0.25) is 0 Å². The minimum Gasteiger partial charge on any atom is -0.383 e. The van der Waals surface area contributed by atoms with Gasteiger partial charge in [-0.05, 0) is 20.2 Å². The zero-order valence-electron chi connectivity index (χ0n) is 12.4. The summed E-state index contributed by atoms with van der Waals surface area (Å²) in [5, 5.41) is 14.2. The molecular formula is C13H22N6O2. The highest BCUT2D eigenvalue weighted by Gasteiger charge is 2.22. The second-order valence-electron chi connectivity index (χ2n) is 5.45. The van der Waals surface area contributed by atoms with Crippen LogP contribution in [0.25, 0.3) is 0 Å². The second-order valence-corrected chi connectivity index (χ2v) is 5.45. The van der Waals surface area contributed by atoms with Gasteiger partial charge in [0.1, 0.15) is 0 Å². The molecule has 0 saturated carbocycles. The number of hydrogen-bond acceptors (Lipinski definition) is 7. The monoisotopic (exact) mass is 294 g/mol. The van der Waals surface area contributed by atoms with Gasteiger partial charge in [-0.1, -0.05) is 0 Å². The van der Waals surface area contributed by atoms with E-state index >= 15 is 0 Å². The molecule has 8 nitrogen and oxygen atoms in total. The molecule has 21 heavy (non-hydrogen) atoms. The molecule has 0 aromatic heterocycles. The SMILES string of the molecule is CN1CCN(C)C(CNc2cc(NN)cc([N+](=O)[O-])c2)C1. The van der Waals surface area contributed by atoms with Gasteiger partial charge in [0.25, 0.3) is 5.69 Å². The first-order valence-corrected chi connectivity index (χ1v) is 6.88. The predicted octanol–water partition coefficient (Wildman–Crippen LogP) is 0.538. The Labute approximate surface area is 124 Å².